The van der Waals surface area contributed by atoms with Gasteiger partial charge in [0, 0.05) is 24.4 Å². The third-order valence-corrected chi connectivity index (χ3v) is 8.66. The quantitative estimate of drug-likeness (QED) is 0.428. The van der Waals surface area contributed by atoms with E-state index in [0.29, 0.717) is 34.9 Å². The van der Waals surface area contributed by atoms with Crippen molar-refractivity contribution in [1.29, 1.82) is 0 Å². The standard InChI is InChI=1S/C25H28N4O3S2/c1-16(30)28-13-12-19-20(14-28)34-23-22(19)24(32)29(18-10-6-3-7-11-18)25(27-23)33-15-21(31)26-17-8-4-2-5-9-17/h3,6-7,10-11,17H,2,4-5,8-9,12-15H2,1H3,(H,26,31). The number of fused-ring (bicyclic) bond motifs is 3. The third-order valence-electron chi connectivity index (χ3n) is 6.61. The van der Waals surface area contributed by atoms with Gasteiger partial charge in [-0.25, -0.2) is 4.98 Å². The van der Waals surface area contributed by atoms with Gasteiger partial charge in [0.25, 0.3) is 5.56 Å². The molecule has 0 radical (unpaired) electrons. The lowest BCUT2D eigenvalue weighted by Gasteiger charge is -2.25. The maximum atomic E-state index is 13.8. The number of rotatable bonds is 5. The highest BCUT2D eigenvalue weighted by atomic mass is 32.2. The highest BCUT2D eigenvalue weighted by Gasteiger charge is 2.27. The number of hydrogen-bond donors (Lipinski definition) is 1. The molecule has 7 nitrogen and oxygen atoms in total. The molecule has 0 saturated heterocycles. The van der Waals surface area contributed by atoms with E-state index in [9.17, 15) is 14.4 Å². The van der Waals surface area contributed by atoms with Crippen molar-refractivity contribution in [2.24, 2.45) is 0 Å². The Hall–Kier alpha value is -2.65. The molecular weight excluding hydrogens is 468 g/mol. The van der Waals surface area contributed by atoms with Crippen molar-refractivity contribution in [2.45, 2.75) is 63.2 Å². The summed E-state index contributed by atoms with van der Waals surface area (Å²) >= 11 is 2.78. The summed E-state index contributed by atoms with van der Waals surface area (Å²) in [7, 11) is 0. The largest absolute Gasteiger partial charge is 0.353 e. The first kappa shape index (κ1) is 23.1. The highest BCUT2D eigenvalue weighted by Crippen LogP contribution is 2.34. The number of carbonyl (C=O) groups is 2. The number of amides is 2. The Morgan fingerprint density at radius 2 is 1.94 bits per heavy atom. The summed E-state index contributed by atoms with van der Waals surface area (Å²) in [6.45, 7) is 2.70. The molecule has 178 valence electrons. The molecule has 1 aliphatic heterocycles. The number of aromatic nitrogens is 2. The smallest absolute Gasteiger partial charge is 0.267 e. The average molecular weight is 497 g/mol. The normalized spacial score (nSPS) is 16.4. The minimum Gasteiger partial charge on any atom is -0.353 e. The molecular formula is C25H28N4O3S2. The first-order valence-corrected chi connectivity index (χ1v) is 13.6. The van der Waals surface area contributed by atoms with Gasteiger partial charge in [-0.15, -0.1) is 11.3 Å². The molecule has 0 unspecified atom stereocenters. The van der Waals surface area contributed by atoms with Crippen LogP contribution in [0.5, 0.6) is 0 Å². The number of carbonyl (C=O) groups excluding carboxylic acids is 2. The fourth-order valence-corrected chi connectivity index (χ4v) is 6.94. The maximum Gasteiger partial charge on any atom is 0.267 e. The number of nitrogens with one attached hydrogen (secondary N) is 1. The van der Waals surface area contributed by atoms with Crippen molar-refractivity contribution in [3.8, 4) is 5.69 Å². The Morgan fingerprint density at radius 3 is 2.68 bits per heavy atom. The van der Waals surface area contributed by atoms with Crippen LogP contribution in [-0.4, -0.2) is 44.6 Å². The van der Waals surface area contributed by atoms with Crippen molar-refractivity contribution >= 4 is 45.1 Å². The van der Waals surface area contributed by atoms with Gasteiger partial charge in [0.2, 0.25) is 11.8 Å². The zero-order valence-corrected chi connectivity index (χ0v) is 20.8. The molecule has 5 rings (SSSR count). The number of nitrogens with zero attached hydrogens (tertiary/aromatic N) is 3. The molecule has 1 saturated carbocycles. The van der Waals surface area contributed by atoms with Crippen LogP contribution >= 0.6 is 23.1 Å². The third kappa shape index (κ3) is 4.63. The SMILES string of the molecule is CC(=O)N1CCc2c(sc3nc(SCC(=O)NC4CCCCC4)n(-c4ccccc4)c(=O)c23)C1. The minimum absolute atomic E-state index is 0.0200. The van der Waals surface area contributed by atoms with E-state index in [1.165, 1.54) is 29.5 Å². The fraction of sp³-hybridized carbons (Fsp3) is 0.440. The van der Waals surface area contributed by atoms with Crippen LogP contribution in [0.15, 0.2) is 40.3 Å². The Bertz CT molecular complexity index is 1280. The Labute approximate surface area is 206 Å². The van der Waals surface area contributed by atoms with Gasteiger partial charge in [0.1, 0.15) is 4.83 Å². The molecule has 9 heteroatoms. The summed E-state index contributed by atoms with van der Waals surface area (Å²) < 4.78 is 1.63. The predicted octanol–water partition coefficient (Wildman–Crippen LogP) is 3.89. The van der Waals surface area contributed by atoms with E-state index >= 15 is 0 Å². The number of benzene rings is 1. The van der Waals surface area contributed by atoms with Crippen LogP contribution in [-0.2, 0) is 22.6 Å². The van der Waals surface area contributed by atoms with E-state index in [1.54, 1.807) is 16.4 Å². The van der Waals surface area contributed by atoms with Crippen molar-refractivity contribution in [1.82, 2.24) is 19.8 Å². The van der Waals surface area contributed by atoms with Gasteiger partial charge in [0.05, 0.1) is 23.4 Å². The molecule has 1 aromatic carbocycles. The van der Waals surface area contributed by atoms with Gasteiger partial charge in [-0.05, 0) is 37.0 Å². The summed E-state index contributed by atoms with van der Waals surface area (Å²) in [6.07, 6.45) is 6.28. The number of thioether (sulfide) groups is 1. The molecule has 0 atom stereocenters. The van der Waals surface area contributed by atoms with E-state index in [-0.39, 0.29) is 29.2 Å². The minimum atomic E-state index is -0.111. The zero-order chi connectivity index (χ0) is 23.7. The monoisotopic (exact) mass is 496 g/mol. The van der Waals surface area contributed by atoms with E-state index in [4.69, 9.17) is 4.98 Å². The topological polar surface area (TPSA) is 84.3 Å². The second-order valence-electron chi connectivity index (χ2n) is 8.94. The Morgan fingerprint density at radius 1 is 1.18 bits per heavy atom. The Balaban J connectivity index is 1.49. The summed E-state index contributed by atoms with van der Waals surface area (Å²) in [5.41, 5.74) is 1.63. The van der Waals surface area contributed by atoms with Crippen LogP contribution in [0.1, 0.15) is 49.5 Å². The second-order valence-corrected chi connectivity index (χ2v) is 11.0. The fourth-order valence-electron chi connectivity index (χ4n) is 4.84. The van der Waals surface area contributed by atoms with Gasteiger partial charge in [-0.3, -0.25) is 19.0 Å². The number of hydrogen-bond acceptors (Lipinski definition) is 6. The van der Waals surface area contributed by atoms with Crippen LogP contribution in [0.2, 0.25) is 0 Å². The van der Waals surface area contributed by atoms with E-state index < -0.39 is 0 Å². The molecule has 2 aliphatic rings. The predicted molar refractivity (Wildman–Crippen MR) is 136 cm³/mol. The lowest BCUT2D eigenvalue weighted by Crippen LogP contribution is -2.37. The number of thiophene rings is 1. The highest BCUT2D eigenvalue weighted by molar-refractivity contribution is 7.99. The Kier molecular flexibility index (Phi) is 6.74. The second kappa shape index (κ2) is 9.92. The average Bonchev–Trinajstić information content (AvgIpc) is 3.22. The van der Waals surface area contributed by atoms with Crippen LogP contribution < -0.4 is 10.9 Å². The van der Waals surface area contributed by atoms with Gasteiger partial charge in [-0.2, -0.15) is 0 Å². The first-order valence-electron chi connectivity index (χ1n) is 11.8. The molecule has 0 spiro atoms. The molecule has 1 fully saturated rings. The first-order chi connectivity index (χ1) is 16.5. The molecule has 1 N–H and O–H groups in total. The van der Waals surface area contributed by atoms with Crippen molar-refractivity contribution < 1.29 is 9.59 Å². The molecule has 0 bridgehead atoms. The van der Waals surface area contributed by atoms with Crippen LogP contribution in [0.4, 0.5) is 0 Å². The van der Waals surface area contributed by atoms with Crippen LogP contribution in [0.3, 0.4) is 0 Å². The van der Waals surface area contributed by atoms with Crippen molar-refractivity contribution in [3.63, 3.8) is 0 Å². The summed E-state index contributed by atoms with van der Waals surface area (Å²) in [4.78, 5) is 46.7. The summed E-state index contributed by atoms with van der Waals surface area (Å²) in [5.74, 6) is 0.233. The maximum absolute atomic E-state index is 13.8. The van der Waals surface area contributed by atoms with Crippen LogP contribution in [0, 0.1) is 0 Å². The van der Waals surface area contributed by atoms with Crippen LogP contribution in [0.25, 0.3) is 15.9 Å². The van der Waals surface area contributed by atoms with Gasteiger partial charge < -0.3 is 10.2 Å². The number of para-hydroxylation sites is 1. The van der Waals surface area contributed by atoms with E-state index in [0.717, 1.165) is 41.8 Å². The zero-order valence-electron chi connectivity index (χ0n) is 19.2. The molecule has 3 heterocycles. The summed E-state index contributed by atoms with van der Waals surface area (Å²) in [5, 5.41) is 4.31. The van der Waals surface area contributed by atoms with Crippen molar-refractivity contribution in [3.05, 3.63) is 51.1 Å². The molecule has 34 heavy (non-hydrogen) atoms. The van der Waals surface area contributed by atoms with Crippen molar-refractivity contribution in [2.75, 3.05) is 12.3 Å². The lowest BCUT2D eigenvalue weighted by atomic mass is 9.95. The lowest BCUT2D eigenvalue weighted by molar-refractivity contribution is -0.129. The van der Waals surface area contributed by atoms with E-state index in [2.05, 4.69) is 5.32 Å². The molecule has 2 aromatic heterocycles. The molecule has 1 aliphatic carbocycles. The van der Waals surface area contributed by atoms with E-state index in [1.807, 2.05) is 30.3 Å². The summed E-state index contributed by atoms with van der Waals surface area (Å²) in [6, 6.07) is 9.72. The van der Waals surface area contributed by atoms with Gasteiger partial charge >= 0.3 is 0 Å². The van der Waals surface area contributed by atoms with Gasteiger partial charge in [-0.1, -0.05) is 49.2 Å². The van der Waals surface area contributed by atoms with Gasteiger partial charge in [0.15, 0.2) is 5.16 Å². The molecule has 3 aromatic rings. The molecule has 2 amide bonds.